The molecule has 1 aromatic carbocycles. The molecule has 0 saturated carbocycles. The van der Waals surface area contributed by atoms with Crippen molar-refractivity contribution in [2.45, 2.75) is 19.1 Å². The number of carbonyl (C=O) groups excluding carboxylic acids is 1. The van der Waals surface area contributed by atoms with Crippen LogP contribution in [0.15, 0.2) is 47.9 Å². The minimum atomic E-state index is -0.980. The Morgan fingerprint density at radius 3 is 3.03 bits per heavy atom. The van der Waals surface area contributed by atoms with Crippen molar-refractivity contribution in [3.63, 3.8) is 0 Å². The molecule has 0 spiro atoms. The summed E-state index contributed by atoms with van der Waals surface area (Å²) < 4.78 is 17.0. The van der Waals surface area contributed by atoms with Gasteiger partial charge in [0.25, 0.3) is 5.91 Å². The van der Waals surface area contributed by atoms with Gasteiger partial charge in [-0.25, -0.2) is 4.79 Å². The fourth-order valence-corrected chi connectivity index (χ4v) is 4.71. The molecule has 2 aliphatic rings. The molecule has 0 aliphatic carbocycles. The molecule has 13 heteroatoms. The van der Waals surface area contributed by atoms with Gasteiger partial charge in [-0.2, -0.15) is 0 Å². The first-order valence-electron chi connectivity index (χ1n) is 11.9. The molecule has 1 aromatic heterocycles. The Kier molecular flexibility index (Phi) is 9.21. The average Bonchev–Trinajstić information content (AvgIpc) is 2.91. The fourth-order valence-electron chi connectivity index (χ4n) is 4.13. The van der Waals surface area contributed by atoms with Crippen LogP contribution in [0.4, 0.5) is 10.5 Å². The molecule has 1 fully saturated rings. The van der Waals surface area contributed by atoms with Crippen LogP contribution in [0.25, 0.3) is 0 Å². The van der Waals surface area contributed by atoms with Crippen LogP contribution in [0.1, 0.15) is 12.0 Å². The summed E-state index contributed by atoms with van der Waals surface area (Å²) in [6.45, 7) is 1.87. The minimum absolute atomic E-state index is 0.175. The number of anilines is 1. The first-order chi connectivity index (χ1) is 18.4. The van der Waals surface area contributed by atoms with Crippen molar-refractivity contribution in [1.82, 2.24) is 20.5 Å². The van der Waals surface area contributed by atoms with Crippen LogP contribution < -0.4 is 25.4 Å². The third-order valence-electron chi connectivity index (χ3n) is 6.03. The van der Waals surface area contributed by atoms with Crippen molar-refractivity contribution in [3.05, 3.63) is 58.5 Å². The van der Waals surface area contributed by atoms with Crippen molar-refractivity contribution in [2.75, 3.05) is 45.3 Å². The number of ether oxygens (including phenoxy) is 3. The number of halogens is 1. The van der Waals surface area contributed by atoms with Crippen LogP contribution in [0.2, 0.25) is 5.02 Å². The summed E-state index contributed by atoms with van der Waals surface area (Å²) in [7, 11) is 1.51. The molecule has 2 aromatic rings. The van der Waals surface area contributed by atoms with Crippen molar-refractivity contribution in [2.24, 2.45) is 0 Å². The molecule has 11 nitrogen and oxygen atoms in total. The molecular formula is C25H28ClN5O6S. The van der Waals surface area contributed by atoms with E-state index >= 15 is 0 Å². The number of pyridine rings is 1. The fraction of sp³-hybridized carbons (Fsp3) is 0.360. The molecular weight excluding hydrogens is 534 g/mol. The maximum atomic E-state index is 12.8. The van der Waals surface area contributed by atoms with Gasteiger partial charge in [0.2, 0.25) is 0 Å². The molecule has 202 valence electrons. The van der Waals surface area contributed by atoms with Gasteiger partial charge in [-0.05, 0) is 18.2 Å². The molecule has 0 radical (unpaired) electrons. The van der Waals surface area contributed by atoms with Crippen LogP contribution in [0.3, 0.4) is 0 Å². The molecule has 1 saturated heterocycles. The van der Waals surface area contributed by atoms with Gasteiger partial charge in [-0.1, -0.05) is 29.9 Å². The Labute approximate surface area is 230 Å². The summed E-state index contributed by atoms with van der Waals surface area (Å²) >= 11 is 11.8. The van der Waals surface area contributed by atoms with Crippen molar-refractivity contribution in [3.8, 4) is 11.5 Å². The summed E-state index contributed by atoms with van der Waals surface area (Å²) in [4.78, 5) is 29.7. The van der Waals surface area contributed by atoms with E-state index in [0.29, 0.717) is 66.1 Å². The number of hydrogen-bond donors (Lipinski definition) is 4. The van der Waals surface area contributed by atoms with Gasteiger partial charge in [0.1, 0.15) is 23.4 Å². The number of amides is 2. The van der Waals surface area contributed by atoms with E-state index in [4.69, 9.17) is 38.0 Å². The van der Waals surface area contributed by atoms with Gasteiger partial charge in [0.05, 0.1) is 42.7 Å². The van der Waals surface area contributed by atoms with Crippen molar-refractivity contribution in [1.29, 1.82) is 0 Å². The van der Waals surface area contributed by atoms with Crippen LogP contribution in [-0.4, -0.2) is 78.0 Å². The average molecular weight is 562 g/mol. The molecule has 4 N–H and O–H groups in total. The summed E-state index contributed by atoms with van der Waals surface area (Å²) in [5, 5.41) is 18.9. The first-order valence-corrected chi connectivity index (χ1v) is 12.7. The zero-order valence-corrected chi connectivity index (χ0v) is 22.2. The second-order valence-corrected chi connectivity index (χ2v) is 9.32. The van der Waals surface area contributed by atoms with Gasteiger partial charge in [0.15, 0.2) is 5.75 Å². The number of thiocarbonyl (C=S) groups is 1. The maximum absolute atomic E-state index is 12.8. The highest BCUT2D eigenvalue weighted by Crippen LogP contribution is 2.33. The molecule has 2 aliphatic heterocycles. The largest absolute Gasteiger partial charge is 0.493 e. The van der Waals surface area contributed by atoms with Crippen LogP contribution in [0, 0.1) is 0 Å². The molecule has 1 atom stereocenters. The van der Waals surface area contributed by atoms with E-state index in [1.165, 1.54) is 12.0 Å². The van der Waals surface area contributed by atoms with E-state index in [9.17, 15) is 14.7 Å². The third kappa shape index (κ3) is 6.63. The number of methoxy groups -OCH3 is 1. The lowest BCUT2D eigenvalue weighted by molar-refractivity contribution is -0.117. The number of morpholine rings is 1. The smallest absolute Gasteiger partial charge is 0.407 e. The van der Waals surface area contributed by atoms with Crippen LogP contribution in [0.5, 0.6) is 11.5 Å². The van der Waals surface area contributed by atoms with Gasteiger partial charge >= 0.3 is 6.09 Å². The topological polar surface area (TPSA) is 134 Å². The summed E-state index contributed by atoms with van der Waals surface area (Å²) in [6.07, 6.45) is 2.43. The van der Waals surface area contributed by atoms with Gasteiger partial charge in [-0.15, -0.1) is 0 Å². The van der Waals surface area contributed by atoms with E-state index < -0.39 is 6.09 Å². The second-order valence-electron chi connectivity index (χ2n) is 8.50. The van der Waals surface area contributed by atoms with Crippen LogP contribution in [-0.2, 0) is 16.1 Å². The van der Waals surface area contributed by atoms with E-state index in [1.807, 2.05) is 6.07 Å². The number of nitrogens with zero attached hydrogens (tertiary/aromatic N) is 2. The summed E-state index contributed by atoms with van der Waals surface area (Å²) in [5.41, 5.74) is 2.36. The number of hydrogen-bond acceptors (Lipinski definition) is 8. The zero-order valence-electron chi connectivity index (χ0n) is 20.7. The second kappa shape index (κ2) is 12.8. The highest BCUT2D eigenvalue weighted by molar-refractivity contribution is 7.81. The Bertz CT molecular complexity index is 1240. The van der Waals surface area contributed by atoms with E-state index in [2.05, 4.69) is 20.9 Å². The molecule has 38 heavy (non-hydrogen) atoms. The lowest BCUT2D eigenvalue weighted by Gasteiger charge is -2.31. The Hall–Kier alpha value is -3.61. The summed E-state index contributed by atoms with van der Waals surface area (Å²) in [5.74, 6) is 0.665. The molecule has 0 bridgehead atoms. The Balaban J connectivity index is 1.45. The first kappa shape index (κ1) is 27.4. The molecule has 2 amide bonds. The number of carbonyl (C=O) groups is 2. The van der Waals surface area contributed by atoms with Gasteiger partial charge < -0.3 is 40.2 Å². The third-order valence-corrected chi connectivity index (χ3v) is 6.64. The number of aromatic nitrogens is 1. The molecule has 3 heterocycles. The lowest BCUT2D eigenvalue weighted by atomic mass is 10.1. The van der Waals surface area contributed by atoms with Gasteiger partial charge in [-0.3, -0.25) is 9.78 Å². The normalized spacial score (nSPS) is 17.5. The van der Waals surface area contributed by atoms with Crippen molar-refractivity contribution < 1.29 is 28.9 Å². The quantitative estimate of drug-likeness (QED) is 0.339. The number of nitrogens with one attached hydrogen (secondary N) is 3. The molecule has 0 unspecified atom stereocenters. The molecule has 4 rings (SSSR count). The number of benzene rings is 1. The highest BCUT2D eigenvalue weighted by Gasteiger charge is 2.26. The summed E-state index contributed by atoms with van der Waals surface area (Å²) in [6, 6.07) is 7.03. The highest BCUT2D eigenvalue weighted by atomic mass is 35.5. The van der Waals surface area contributed by atoms with Gasteiger partial charge in [0, 0.05) is 43.5 Å². The van der Waals surface area contributed by atoms with E-state index in [1.54, 1.807) is 30.6 Å². The predicted octanol–water partition coefficient (Wildman–Crippen LogP) is 2.80. The number of carboxylic acid groups (broad SMARTS) is 1. The minimum Gasteiger partial charge on any atom is -0.493 e. The Morgan fingerprint density at radius 1 is 1.39 bits per heavy atom. The lowest BCUT2D eigenvalue weighted by Crippen LogP contribution is -2.47. The zero-order chi connectivity index (χ0) is 27.1. The number of rotatable bonds is 9. The monoisotopic (exact) mass is 561 g/mol. The van der Waals surface area contributed by atoms with Crippen molar-refractivity contribution >= 4 is 46.5 Å². The van der Waals surface area contributed by atoms with E-state index in [0.717, 1.165) is 5.56 Å². The maximum Gasteiger partial charge on any atom is 0.407 e. The standard InChI is InChI=1S/C25H28ClN5O6S/c1-35-22-17(26)3-2-4-19(22)30-24(38)21-18(6-8-28-23(21)32)29-11-15-5-7-27-12-20(15)37-14-16-13-31(25(33)34)9-10-36-16/h2-5,7,12,16,29H,6,8-11,13-14H2,1H3,(H,28,32)(H,30,38)(H,33,34)/t16-/m0/s1. The predicted molar refractivity (Wildman–Crippen MR) is 145 cm³/mol. The Morgan fingerprint density at radius 2 is 2.24 bits per heavy atom. The van der Waals surface area contributed by atoms with Crippen LogP contribution >= 0.6 is 23.8 Å². The SMILES string of the molecule is COc1c(Cl)cccc1NC(=S)C1=C(NCc2ccncc2OC[C@@H]2CN(C(=O)O)CCO2)CCNC1=O. The number of para-hydroxylation sites is 1. The van der Waals surface area contributed by atoms with E-state index in [-0.39, 0.29) is 30.2 Å².